The van der Waals surface area contributed by atoms with Crippen molar-refractivity contribution in [2.45, 2.75) is 44.4 Å². The molecular formula is C22H22FN3O2. The van der Waals surface area contributed by atoms with Crippen LogP contribution in [-0.2, 0) is 12.8 Å². The highest BCUT2D eigenvalue weighted by Crippen LogP contribution is 2.40. The molecule has 2 aromatic heterocycles. The highest BCUT2D eigenvalue weighted by atomic mass is 19.1. The summed E-state index contributed by atoms with van der Waals surface area (Å²) in [4.78, 5) is 19.5. The second-order valence-electron chi connectivity index (χ2n) is 7.21. The van der Waals surface area contributed by atoms with Crippen molar-refractivity contribution in [2.75, 3.05) is 0 Å². The van der Waals surface area contributed by atoms with E-state index in [2.05, 4.69) is 16.0 Å². The first-order valence-electron chi connectivity index (χ1n) is 9.60. The van der Waals surface area contributed by atoms with Crippen LogP contribution < -0.4 is 5.73 Å². The molecular weight excluding hydrogens is 357 g/mol. The molecule has 2 aliphatic carbocycles. The van der Waals surface area contributed by atoms with Gasteiger partial charge in [0.15, 0.2) is 0 Å². The average molecular weight is 379 g/mol. The third-order valence-corrected chi connectivity index (χ3v) is 4.98. The lowest BCUT2D eigenvalue weighted by Gasteiger charge is -2.05. The maximum atomic E-state index is 12.3. The third kappa shape index (κ3) is 4.27. The number of carbonyl (C=O) groups excluding carboxylic acids is 1. The normalized spacial score (nSPS) is 15.3. The largest absolute Gasteiger partial charge is 0.441 e. The van der Waals surface area contributed by atoms with E-state index in [0.29, 0.717) is 5.92 Å². The van der Waals surface area contributed by atoms with Crippen molar-refractivity contribution < 1.29 is 13.6 Å². The number of nitrogens with two attached hydrogens (primary N) is 1. The number of nitrogens with zero attached hydrogens (tertiary/aromatic N) is 2. The van der Waals surface area contributed by atoms with Crippen LogP contribution >= 0.6 is 0 Å². The summed E-state index contributed by atoms with van der Waals surface area (Å²) in [6, 6.07) is 9.41. The molecule has 0 bridgehead atoms. The third-order valence-electron chi connectivity index (χ3n) is 4.98. The van der Waals surface area contributed by atoms with Crippen molar-refractivity contribution >= 4 is 5.91 Å². The molecule has 1 saturated carbocycles. The van der Waals surface area contributed by atoms with Gasteiger partial charge in [-0.25, -0.2) is 9.37 Å². The predicted molar refractivity (Wildman–Crippen MR) is 103 cm³/mol. The Balaban J connectivity index is 0.000000165. The van der Waals surface area contributed by atoms with E-state index in [1.165, 1.54) is 55.3 Å². The first kappa shape index (κ1) is 18.3. The van der Waals surface area contributed by atoms with Crippen LogP contribution in [0.3, 0.4) is 0 Å². The zero-order valence-electron chi connectivity index (χ0n) is 15.5. The van der Waals surface area contributed by atoms with Crippen LogP contribution in [0.2, 0.25) is 0 Å². The molecule has 2 heterocycles. The quantitative estimate of drug-likeness (QED) is 0.730. The number of benzene rings is 1. The Labute approximate surface area is 162 Å². The van der Waals surface area contributed by atoms with Crippen LogP contribution in [0.4, 0.5) is 4.39 Å². The first-order valence-corrected chi connectivity index (χ1v) is 9.60. The van der Waals surface area contributed by atoms with E-state index >= 15 is 0 Å². The molecule has 5 rings (SSSR count). The molecule has 144 valence electrons. The Morgan fingerprint density at radius 3 is 2.64 bits per heavy atom. The predicted octanol–water partition coefficient (Wildman–Crippen LogP) is 4.42. The van der Waals surface area contributed by atoms with Crippen LogP contribution in [0.15, 0.2) is 47.0 Å². The van der Waals surface area contributed by atoms with E-state index < -0.39 is 11.7 Å². The molecule has 1 fully saturated rings. The zero-order valence-corrected chi connectivity index (χ0v) is 15.5. The number of carbonyl (C=O) groups is 1. The van der Waals surface area contributed by atoms with Gasteiger partial charge in [0.1, 0.15) is 11.6 Å². The van der Waals surface area contributed by atoms with Gasteiger partial charge < -0.3 is 10.2 Å². The number of rotatable bonds is 3. The summed E-state index contributed by atoms with van der Waals surface area (Å²) in [6.45, 7) is 0. The van der Waals surface area contributed by atoms with Gasteiger partial charge in [0.25, 0.3) is 0 Å². The second-order valence-corrected chi connectivity index (χ2v) is 7.21. The molecule has 6 heteroatoms. The van der Waals surface area contributed by atoms with Gasteiger partial charge in [-0.1, -0.05) is 6.07 Å². The summed E-state index contributed by atoms with van der Waals surface area (Å²) in [7, 11) is 0. The van der Waals surface area contributed by atoms with E-state index in [1.807, 2.05) is 12.3 Å². The summed E-state index contributed by atoms with van der Waals surface area (Å²) < 4.78 is 18.2. The van der Waals surface area contributed by atoms with Crippen LogP contribution in [-0.4, -0.2) is 15.9 Å². The molecule has 0 aliphatic heterocycles. The number of hydrogen-bond donors (Lipinski definition) is 1. The minimum Gasteiger partial charge on any atom is -0.441 e. The molecule has 28 heavy (non-hydrogen) atoms. The van der Waals surface area contributed by atoms with Gasteiger partial charge >= 0.3 is 0 Å². The van der Waals surface area contributed by atoms with Gasteiger partial charge in [0.05, 0.1) is 5.69 Å². The Morgan fingerprint density at radius 2 is 1.96 bits per heavy atom. The van der Waals surface area contributed by atoms with Crippen LogP contribution in [0.5, 0.6) is 0 Å². The molecule has 0 radical (unpaired) electrons. The van der Waals surface area contributed by atoms with Gasteiger partial charge in [0, 0.05) is 35.4 Å². The molecule has 2 aliphatic rings. The number of fused-ring (bicyclic) bond motifs is 1. The summed E-state index contributed by atoms with van der Waals surface area (Å²) >= 11 is 0. The lowest BCUT2D eigenvalue weighted by molar-refractivity contribution is 0.1000. The number of halogens is 1. The van der Waals surface area contributed by atoms with E-state index in [9.17, 15) is 9.18 Å². The highest BCUT2D eigenvalue weighted by Gasteiger charge is 2.26. The molecule has 0 atom stereocenters. The highest BCUT2D eigenvalue weighted by molar-refractivity contribution is 5.92. The summed E-state index contributed by atoms with van der Waals surface area (Å²) in [5.41, 5.74) is 8.52. The number of pyridine rings is 1. The van der Waals surface area contributed by atoms with Crippen molar-refractivity contribution in [2.24, 2.45) is 5.73 Å². The Hall–Kier alpha value is -3.02. The molecule has 3 aromatic rings. The SMILES string of the molecule is NC(=O)c1cccc(F)c1.c1cc(-c2nc3c(o2)CCCC3)cc(C2CC2)n1. The maximum absolute atomic E-state index is 12.3. The minimum absolute atomic E-state index is 0.194. The van der Waals surface area contributed by atoms with E-state index in [-0.39, 0.29) is 5.56 Å². The Morgan fingerprint density at radius 1 is 1.14 bits per heavy atom. The van der Waals surface area contributed by atoms with Gasteiger partial charge in [0.2, 0.25) is 11.8 Å². The topological polar surface area (TPSA) is 82.0 Å². The number of primary amides is 1. The molecule has 1 amide bonds. The van der Waals surface area contributed by atoms with E-state index in [0.717, 1.165) is 36.1 Å². The fourth-order valence-corrected chi connectivity index (χ4v) is 3.30. The van der Waals surface area contributed by atoms with E-state index in [1.54, 1.807) is 0 Å². The molecule has 2 N–H and O–H groups in total. The van der Waals surface area contributed by atoms with Crippen molar-refractivity contribution in [3.63, 3.8) is 0 Å². The zero-order chi connectivity index (χ0) is 19.5. The van der Waals surface area contributed by atoms with Gasteiger partial charge in [-0.15, -0.1) is 0 Å². The van der Waals surface area contributed by atoms with Crippen molar-refractivity contribution in [3.05, 3.63) is 71.1 Å². The standard InChI is InChI=1S/C15H16N2O.C7H6FNO/c1-2-4-14-12(3-1)17-15(18-14)11-7-8-16-13(9-11)10-5-6-10;8-6-3-1-2-5(4-6)7(9)10/h7-10H,1-6H2;1-4H,(H2,9,10). The Kier molecular flexibility index (Phi) is 5.19. The average Bonchev–Trinajstić information content (AvgIpc) is 3.47. The lowest BCUT2D eigenvalue weighted by Crippen LogP contribution is -2.10. The summed E-state index contributed by atoms with van der Waals surface area (Å²) in [5, 5.41) is 0. The Bertz CT molecular complexity index is 971. The number of aromatic nitrogens is 2. The van der Waals surface area contributed by atoms with Gasteiger partial charge in [-0.05, 0) is 62.4 Å². The first-order chi connectivity index (χ1) is 13.6. The number of amides is 1. The van der Waals surface area contributed by atoms with Crippen LogP contribution in [0.1, 0.15) is 59.1 Å². The lowest BCUT2D eigenvalue weighted by atomic mass is 10.0. The molecule has 1 aromatic carbocycles. The fourth-order valence-electron chi connectivity index (χ4n) is 3.30. The summed E-state index contributed by atoms with van der Waals surface area (Å²) in [5.74, 6) is 1.50. The smallest absolute Gasteiger partial charge is 0.248 e. The summed E-state index contributed by atoms with van der Waals surface area (Å²) in [6.07, 6.45) is 9.01. The number of hydrogen-bond acceptors (Lipinski definition) is 4. The van der Waals surface area contributed by atoms with E-state index in [4.69, 9.17) is 10.2 Å². The van der Waals surface area contributed by atoms with Crippen LogP contribution in [0, 0.1) is 5.82 Å². The van der Waals surface area contributed by atoms with Crippen molar-refractivity contribution in [3.8, 4) is 11.5 Å². The van der Waals surface area contributed by atoms with Crippen molar-refractivity contribution in [1.82, 2.24) is 9.97 Å². The number of aryl methyl sites for hydroxylation is 2. The minimum atomic E-state index is -0.612. The number of oxazole rings is 1. The second kappa shape index (κ2) is 7.92. The molecule has 5 nitrogen and oxygen atoms in total. The maximum Gasteiger partial charge on any atom is 0.248 e. The monoisotopic (exact) mass is 379 g/mol. The van der Waals surface area contributed by atoms with Gasteiger partial charge in [-0.2, -0.15) is 0 Å². The van der Waals surface area contributed by atoms with Crippen molar-refractivity contribution in [1.29, 1.82) is 0 Å². The molecule has 0 unspecified atom stereocenters. The van der Waals surface area contributed by atoms with Crippen LogP contribution in [0.25, 0.3) is 11.5 Å². The van der Waals surface area contributed by atoms with Gasteiger partial charge in [-0.3, -0.25) is 9.78 Å². The fraction of sp³-hybridized carbons (Fsp3) is 0.318. The molecule has 0 saturated heterocycles. The molecule has 0 spiro atoms.